The summed E-state index contributed by atoms with van der Waals surface area (Å²) in [7, 11) is 0. The number of primary amides is 1. The molecule has 1 aliphatic carbocycles. The Labute approximate surface area is 122 Å². The van der Waals surface area contributed by atoms with Gasteiger partial charge in [0.1, 0.15) is 5.82 Å². The summed E-state index contributed by atoms with van der Waals surface area (Å²) in [5, 5.41) is 12.2. The molecule has 21 heavy (non-hydrogen) atoms. The number of carboxylic acids is 1. The Kier molecular flexibility index (Phi) is 4.45. The van der Waals surface area contributed by atoms with Crippen LogP contribution in [0.4, 0.5) is 10.1 Å². The number of amides is 1. The van der Waals surface area contributed by atoms with Crippen molar-refractivity contribution in [1.29, 1.82) is 0 Å². The van der Waals surface area contributed by atoms with Crippen molar-refractivity contribution < 1.29 is 19.1 Å². The number of benzene rings is 1. The molecule has 1 aromatic rings. The molecule has 1 fully saturated rings. The Hall–Kier alpha value is -2.11. The Balaban J connectivity index is 2.19. The molecule has 114 valence electrons. The lowest BCUT2D eigenvalue weighted by Gasteiger charge is -2.29. The van der Waals surface area contributed by atoms with Crippen molar-refractivity contribution in [2.75, 3.05) is 5.32 Å². The van der Waals surface area contributed by atoms with E-state index < -0.39 is 17.7 Å². The van der Waals surface area contributed by atoms with Crippen LogP contribution in [0.2, 0.25) is 0 Å². The van der Waals surface area contributed by atoms with Gasteiger partial charge in [0.2, 0.25) is 5.91 Å². The molecule has 2 atom stereocenters. The average molecular weight is 294 g/mol. The van der Waals surface area contributed by atoms with Gasteiger partial charge < -0.3 is 16.2 Å². The summed E-state index contributed by atoms with van der Waals surface area (Å²) in [6.07, 6.45) is 2.80. The molecular formula is C15H19FN2O3. The van der Waals surface area contributed by atoms with Crippen molar-refractivity contribution in [3.05, 3.63) is 29.1 Å². The Morgan fingerprint density at radius 3 is 2.71 bits per heavy atom. The van der Waals surface area contributed by atoms with Gasteiger partial charge in [-0.2, -0.15) is 0 Å². The topological polar surface area (TPSA) is 92.4 Å². The minimum Gasteiger partial charge on any atom is -0.481 e. The first-order valence-corrected chi connectivity index (χ1v) is 6.97. The SMILES string of the molecule is Cc1c(F)cc(C(N)=O)cc1NC1CCCC(C(=O)O)C1. The Morgan fingerprint density at radius 1 is 1.38 bits per heavy atom. The largest absolute Gasteiger partial charge is 0.481 e. The first-order chi connectivity index (χ1) is 9.88. The minimum absolute atomic E-state index is 0.0407. The maximum Gasteiger partial charge on any atom is 0.306 e. The highest BCUT2D eigenvalue weighted by atomic mass is 19.1. The summed E-state index contributed by atoms with van der Waals surface area (Å²) in [5.74, 6) is -2.36. The fourth-order valence-corrected chi connectivity index (χ4v) is 2.74. The molecule has 0 aliphatic heterocycles. The zero-order valence-corrected chi connectivity index (χ0v) is 11.9. The van der Waals surface area contributed by atoms with E-state index >= 15 is 0 Å². The monoisotopic (exact) mass is 294 g/mol. The molecule has 6 heteroatoms. The van der Waals surface area contributed by atoms with E-state index in [0.717, 1.165) is 18.9 Å². The lowest BCUT2D eigenvalue weighted by Crippen LogP contribution is -2.31. The standard InChI is InChI=1S/C15H19FN2O3/c1-8-12(16)6-10(14(17)19)7-13(8)18-11-4-2-3-9(5-11)15(20)21/h6-7,9,11,18H,2-5H2,1H3,(H2,17,19)(H,20,21). The van der Waals surface area contributed by atoms with Crippen LogP contribution in [0.25, 0.3) is 0 Å². The second-order valence-electron chi connectivity index (χ2n) is 5.54. The molecule has 0 saturated heterocycles. The van der Waals surface area contributed by atoms with Crippen LogP contribution in [0.5, 0.6) is 0 Å². The number of nitrogens with two attached hydrogens (primary N) is 1. The quantitative estimate of drug-likeness (QED) is 0.794. The molecule has 5 nitrogen and oxygen atoms in total. The number of carbonyl (C=O) groups is 2. The fraction of sp³-hybridized carbons (Fsp3) is 0.467. The van der Waals surface area contributed by atoms with E-state index in [-0.39, 0.29) is 17.5 Å². The van der Waals surface area contributed by atoms with Gasteiger partial charge in [0.15, 0.2) is 0 Å². The number of carboxylic acid groups (broad SMARTS) is 1. The first-order valence-electron chi connectivity index (χ1n) is 6.97. The number of halogens is 1. The van der Waals surface area contributed by atoms with Crippen LogP contribution in [0.15, 0.2) is 12.1 Å². The second kappa shape index (κ2) is 6.11. The van der Waals surface area contributed by atoms with Crippen LogP contribution < -0.4 is 11.1 Å². The van der Waals surface area contributed by atoms with Gasteiger partial charge in [-0.15, -0.1) is 0 Å². The van der Waals surface area contributed by atoms with E-state index in [1.807, 2.05) is 0 Å². The van der Waals surface area contributed by atoms with Gasteiger partial charge in [0, 0.05) is 22.9 Å². The molecule has 1 aliphatic rings. The third-order valence-corrected chi connectivity index (χ3v) is 4.01. The van der Waals surface area contributed by atoms with E-state index in [0.29, 0.717) is 24.1 Å². The fourth-order valence-electron chi connectivity index (χ4n) is 2.74. The van der Waals surface area contributed by atoms with Gasteiger partial charge in [-0.3, -0.25) is 9.59 Å². The number of hydrogen-bond donors (Lipinski definition) is 3. The molecule has 1 amide bonds. The van der Waals surface area contributed by atoms with Crippen molar-refractivity contribution >= 4 is 17.6 Å². The van der Waals surface area contributed by atoms with E-state index in [4.69, 9.17) is 10.8 Å². The third-order valence-electron chi connectivity index (χ3n) is 4.01. The van der Waals surface area contributed by atoms with Crippen LogP contribution in [0.3, 0.4) is 0 Å². The normalized spacial score (nSPS) is 21.8. The van der Waals surface area contributed by atoms with Gasteiger partial charge in [0.05, 0.1) is 5.92 Å². The first kappa shape index (κ1) is 15.3. The molecule has 4 N–H and O–H groups in total. The van der Waals surface area contributed by atoms with E-state index in [1.54, 1.807) is 6.92 Å². The average Bonchev–Trinajstić information content (AvgIpc) is 2.43. The van der Waals surface area contributed by atoms with Crippen molar-refractivity contribution in [2.45, 2.75) is 38.6 Å². The van der Waals surface area contributed by atoms with Gasteiger partial charge in [0.25, 0.3) is 0 Å². The highest BCUT2D eigenvalue weighted by Crippen LogP contribution is 2.29. The zero-order valence-electron chi connectivity index (χ0n) is 11.9. The van der Waals surface area contributed by atoms with E-state index in [2.05, 4.69) is 5.32 Å². The van der Waals surface area contributed by atoms with Gasteiger partial charge in [-0.05, 0) is 38.3 Å². The summed E-state index contributed by atoms with van der Waals surface area (Å²) in [4.78, 5) is 22.3. The highest BCUT2D eigenvalue weighted by Gasteiger charge is 2.27. The molecule has 0 aromatic heterocycles. The lowest BCUT2D eigenvalue weighted by atomic mass is 9.85. The number of carbonyl (C=O) groups excluding carboxylic acids is 1. The highest BCUT2D eigenvalue weighted by molar-refractivity contribution is 5.94. The van der Waals surface area contributed by atoms with Crippen molar-refractivity contribution in [1.82, 2.24) is 0 Å². The summed E-state index contributed by atoms with van der Waals surface area (Å²) < 4.78 is 13.8. The number of nitrogens with one attached hydrogen (secondary N) is 1. The van der Waals surface area contributed by atoms with Crippen LogP contribution in [-0.2, 0) is 4.79 Å². The molecular weight excluding hydrogens is 275 g/mol. The second-order valence-corrected chi connectivity index (χ2v) is 5.54. The number of hydrogen-bond acceptors (Lipinski definition) is 3. The van der Waals surface area contributed by atoms with Crippen molar-refractivity contribution in [3.8, 4) is 0 Å². The number of aliphatic carboxylic acids is 1. The summed E-state index contributed by atoms with van der Waals surface area (Å²) >= 11 is 0. The molecule has 0 bridgehead atoms. The summed E-state index contributed by atoms with van der Waals surface area (Å²) in [6.45, 7) is 1.61. The molecule has 2 unspecified atom stereocenters. The van der Waals surface area contributed by atoms with Crippen molar-refractivity contribution in [2.24, 2.45) is 11.7 Å². The smallest absolute Gasteiger partial charge is 0.306 e. The van der Waals surface area contributed by atoms with Gasteiger partial charge >= 0.3 is 5.97 Å². The van der Waals surface area contributed by atoms with E-state index in [9.17, 15) is 14.0 Å². The van der Waals surface area contributed by atoms with Crippen LogP contribution in [-0.4, -0.2) is 23.0 Å². The third kappa shape index (κ3) is 3.51. The lowest BCUT2D eigenvalue weighted by molar-refractivity contribution is -0.142. The van der Waals surface area contributed by atoms with Gasteiger partial charge in [-0.25, -0.2) is 4.39 Å². The zero-order chi connectivity index (χ0) is 15.6. The molecule has 0 heterocycles. The Morgan fingerprint density at radius 2 is 2.10 bits per heavy atom. The van der Waals surface area contributed by atoms with Crippen LogP contribution >= 0.6 is 0 Å². The number of anilines is 1. The van der Waals surface area contributed by atoms with Gasteiger partial charge in [-0.1, -0.05) is 6.42 Å². The molecule has 1 aromatic carbocycles. The summed E-state index contributed by atoms with van der Waals surface area (Å²) in [6, 6.07) is 2.59. The van der Waals surface area contributed by atoms with Crippen molar-refractivity contribution in [3.63, 3.8) is 0 Å². The minimum atomic E-state index is -0.796. The summed E-state index contributed by atoms with van der Waals surface area (Å²) in [5.41, 5.74) is 6.19. The predicted octanol–water partition coefficient (Wildman–Crippen LogP) is 2.29. The molecule has 0 radical (unpaired) electrons. The molecule has 0 spiro atoms. The molecule has 2 rings (SSSR count). The number of rotatable bonds is 4. The Bertz CT molecular complexity index is 574. The van der Waals surface area contributed by atoms with E-state index in [1.165, 1.54) is 6.07 Å². The van der Waals surface area contributed by atoms with Crippen LogP contribution in [0.1, 0.15) is 41.6 Å². The maximum absolute atomic E-state index is 13.8. The predicted molar refractivity (Wildman–Crippen MR) is 76.7 cm³/mol. The van der Waals surface area contributed by atoms with Crippen LogP contribution in [0, 0.1) is 18.7 Å². The maximum atomic E-state index is 13.8. The molecule has 1 saturated carbocycles.